The summed E-state index contributed by atoms with van der Waals surface area (Å²) in [5.41, 5.74) is 9.42. The zero-order chi connectivity index (χ0) is 37.5. The first-order valence-corrected chi connectivity index (χ1v) is 20.3. The molecule has 57 heavy (non-hydrogen) atoms. The minimum atomic E-state index is 1.12. The normalized spacial score (nSPS) is 11.9. The number of hydrogen-bond donors (Lipinski definition) is 0. The van der Waals surface area contributed by atoms with E-state index in [1.807, 2.05) is 11.3 Å². The van der Waals surface area contributed by atoms with E-state index < -0.39 is 0 Å². The molecule has 0 amide bonds. The molecule has 3 heteroatoms. The van der Waals surface area contributed by atoms with Crippen LogP contribution < -0.4 is 4.90 Å². The summed E-state index contributed by atoms with van der Waals surface area (Å²) in [6.07, 6.45) is 0. The van der Waals surface area contributed by atoms with Crippen LogP contribution in [0.1, 0.15) is 0 Å². The molecular formula is C54H34N2S. The van der Waals surface area contributed by atoms with Crippen molar-refractivity contribution in [3.8, 4) is 16.8 Å². The van der Waals surface area contributed by atoms with E-state index in [9.17, 15) is 0 Å². The van der Waals surface area contributed by atoms with Gasteiger partial charge in [-0.15, -0.1) is 11.3 Å². The molecule has 0 bridgehead atoms. The molecule has 0 aliphatic heterocycles. The van der Waals surface area contributed by atoms with Crippen molar-refractivity contribution in [2.24, 2.45) is 0 Å². The van der Waals surface area contributed by atoms with Gasteiger partial charge in [0.05, 0.1) is 16.7 Å². The van der Waals surface area contributed by atoms with Crippen LogP contribution in [0.3, 0.4) is 0 Å². The second-order valence-electron chi connectivity index (χ2n) is 14.9. The predicted molar refractivity (Wildman–Crippen MR) is 246 cm³/mol. The summed E-state index contributed by atoms with van der Waals surface area (Å²) in [5.74, 6) is 0. The summed E-state index contributed by atoms with van der Waals surface area (Å²) in [6.45, 7) is 0. The number of anilines is 3. The van der Waals surface area contributed by atoms with E-state index in [1.165, 1.54) is 85.4 Å². The standard InChI is InChI=1S/C54H34N2S/c1-2-16-37(17-3-1)56-49-24-11-10-22-46(49)48-33-38(27-30-51(48)56)55(39-26-28-47-53(34-39)57-52-32-25-36-14-5-7-19-41(36)54(47)52)50-31-29-44(43-20-8-9-21-45(43)50)42-23-12-15-35-13-4-6-18-40(35)42/h1-34H. The van der Waals surface area contributed by atoms with Gasteiger partial charge in [0.25, 0.3) is 0 Å². The molecule has 0 aliphatic carbocycles. The fraction of sp³-hybridized carbons (Fsp3) is 0. The van der Waals surface area contributed by atoms with Crippen LogP contribution in [0.4, 0.5) is 17.1 Å². The van der Waals surface area contributed by atoms with Crippen molar-refractivity contribution in [3.05, 3.63) is 206 Å². The molecule has 12 aromatic rings. The van der Waals surface area contributed by atoms with Crippen LogP contribution >= 0.6 is 11.3 Å². The maximum Gasteiger partial charge on any atom is 0.0542 e. The number of para-hydroxylation sites is 2. The quantitative estimate of drug-likeness (QED) is 0.170. The lowest BCUT2D eigenvalue weighted by Gasteiger charge is -2.28. The van der Waals surface area contributed by atoms with Crippen LogP contribution in [0.5, 0.6) is 0 Å². The first-order valence-electron chi connectivity index (χ1n) is 19.5. The molecule has 0 saturated heterocycles. The fourth-order valence-electron chi connectivity index (χ4n) is 9.23. The topological polar surface area (TPSA) is 8.17 Å². The molecular weight excluding hydrogens is 709 g/mol. The van der Waals surface area contributed by atoms with Crippen LogP contribution in [0.15, 0.2) is 206 Å². The van der Waals surface area contributed by atoms with E-state index in [0.29, 0.717) is 0 Å². The molecule has 2 nitrogen and oxygen atoms in total. The predicted octanol–water partition coefficient (Wildman–Crippen LogP) is 15.7. The van der Waals surface area contributed by atoms with Crippen molar-refractivity contribution in [1.82, 2.24) is 4.57 Å². The van der Waals surface area contributed by atoms with Gasteiger partial charge in [0.1, 0.15) is 0 Å². The monoisotopic (exact) mass is 742 g/mol. The van der Waals surface area contributed by atoms with Gasteiger partial charge < -0.3 is 9.47 Å². The van der Waals surface area contributed by atoms with E-state index in [-0.39, 0.29) is 0 Å². The van der Waals surface area contributed by atoms with Crippen molar-refractivity contribution in [3.63, 3.8) is 0 Å². The van der Waals surface area contributed by atoms with E-state index in [4.69, 9.17) is 0 Å². The summed E-state index contributed by atoms with van der Waals surface area (Å²) in [5, 5.41) is 12.6. The van der Waals surface area contributed by atoms with Gasteiger partial charge in [0, 0.05) is 53.4 Å². The molecule has 10 aromatic carbocycles. The fourth-order valence-corrected chi connectivity index (χ4v) is 10.4. The Morgan fingerprint density at radius 1 is 0.351 bits per heavy atom. The van der Waals surface area contributed by atoms with Crippen molar-refractivity contribution in [2.75, 3.05) is 4.90 Å². The number of fused-ring (bicyclic) bond motifs is 10. The average Bonchev–Trinajstić information content (AvgIpc) is 3.82. The van der Waals surface area contributed by atoms with Gasteiger partial charge in [0.15, 0.2) is 0 Å². The number of nitrogens with zero attached hydrogens (tertiary/aromatic N) is 2. The second kappa shape index (κ2) is 12.7. The Hall–Kier alpha value is -7.20. The highest BCUT2D eigenvalue weighted by molar-refractivity contribution is 7.26. The lowest BCUT2D eigenvalue weighted by Crippen LogP contribution is -2.10. The molecule has 0 N–H and O–H groups in total. The minimum Gasteiger partial charge on any atom is -0.310 e. The molecule has 12 rings (SSSR count). The Kier molecular flexibility index (Phi) is 7.13. The molecule has 0 fully saturated rings. The number of rotatable bonds is 5. The van der Waals surface area contributed by atoms with Crippen LogP contribution in [-0.4, -0.2) is 4.57 Å². The van der Waals surface area contributed by atoms with Crippen molar-refractivity contribution < 1.29 is 0 Å². The Bertz CT molecular complexity index is 3530. The largest absolute Gasteiger partial charge is 0.310 e. The molecule has 0 radical (unpaired) electrons. The molecule has 0 aliphatic rings. The van der Waals surface area contributed by atoms with Gasteiger partial charge >= 0.3 is 0 Å². The molecule has 2 heterocycles. The third kappa shape index (κ3) is 4.96. The molecule has 2 aromatic heterocycles. The van der Waals surface area contributed by atoms with Gasteiger partial charge in [0.2, 0.25) is 0 Å². The van der Waals surface area contributed by atoms with Gasteiger partial charge in [-0.05, 0) is 98.7 Å². The number of benzene rings is 10. The summed E-state index contributed by atoms with van der Waals surface area (Å²) < 4.78 is 4.98. The van der Waals surface area contributed by atoms with Gasteiger partial charge in [-0.3, -0.25) is 0 Å². The SMILES string of the molecule is c1ccc(-n2c3ccccc3c3cc(N(c4ccc5c(c4)sc4ccc6ccccc6c45)c4ccc(-c5cccc6ccccc56)c5ccccc45)ccc32)cc1. The van der Waals surface area contributed by atoms with Crippen molar-refractivity contribution >= 4 is 103 Å². The maximum atomic E-state index is 2.48. The number of aromatic nitrogens is 1. The summed E-state index contributed by atoms with van der Waals surface area (Å²) in [7, 11) is 0. The molecule has 266 valence electrons. The Morgan fingerprint density at radius 3 is 1.84 bits per heavy atom. The van der Waals surface area contributed by atoms with Crippen molar-refractivity contribution in [2.45, 2.75) is 0 Å². The van der Waals surface area contributed by atoms with Gasteiger partial charge in [-0.1, -0.05) is 146 Å². The first kappa shape index (κ1) is 32.1. The van der Waals surface area contributed by atoms with Crippen LogP contribution in [0.2, 0.25) is 0 Å². The lowest BCUT2D eigenvalue weighted by atomic mass is 9.93. The Labute approximate surface area is 333 Å². The Balaban J connectivity index is 1.13. The zero-order valence-electron chi connectivity index (χ0n) is 30.9. The van der Waals surface area contributed by atoms with Crippen molar-refractivity contribution in [1.29, 1.82) is 0 Å². The summed E-state index contributed by atoms with van der Waals surface area (Å²) >= 11 is 1.88. The molecule has 0 atom stereocenters. The highest BCUT2D eigenvalue weighted by Crippen LogP contribution is 2.47. The number of hydrogen-bond acceptors (Lipinski definition) is 2. The van der Waals surface area contributed by atoms with Gasteiger partial charge in [-0.2, -0.15) is 0 Å². The highest BCUT2D eigenvalue weighted by atomic mass is 32.1. The number of thiophene rings is 1. The van der Waals surface area contributed by atoms with Crippen LogP contribution in [-0.2, 0) is 0 Å². The molecule has 0 spiro atoms. The second-order valence-corrected chi connectivity index (χ2v) is 16.0. The minimum absolute atomic E-state index is 1.12. The van der Waals surface area contributed by atoms with Crippen LogP contribution in [0.25, 0.3) is 91.1 Å². The van der Waals surface area contributed by atoms with E-state index in [0.717, 1.165) is 22.7 Å². The van der Waals surface area contributed by atoms with E-state index >= 15 is 0 Å². The van der Waals surface area contributed by atoms with Gasteiger partial charge in [-0.25, -0.2) is 0 Å². The smallest absolute Gasteiger partial charge is 0.0542 e. The zero-order valence-corrected chi connectivity index (χ0v) is 31.7. The average molecular weight is 743 g/mol. The summed E-state index contributed by atoms with van der Waals surface area (Å²) in [4.78, 5) is 2.48. The van der Waals surface area contributed by atoms with E-state index in [2.05, 4.69) is 216 Å². The van der Waals surface area contributed by atoms with Crippen LogP contribution in [0, 0.1) is 0 Å². The highest BCUT2D eigenvalue weighted by Gasteiger charge is 2.21. The maximum absolute atomic E-state index is 2.48. The summed E-state index contributed by atoms with van der Waals surface area (Å²) in [6, 6.07) is 75.8. The first-order chi connectivity index (χ1) is 28.3. The van der Waals surface area contributed by atoms with E-state index in [1.54, 1.807) is 0 Å². The molecule has 0 saturated carbocycles. The molecule has 0 unspecified atom stereocenters. The third-order valence-electron chi connectivity index (χ3n) is 11.8. The third-order valence-corrected chi connectivity index (χ3v) is 12.9. The lowest BCUT2D eigenvalue weighted by molar-refractivity contribution is 1.18. The Morgan fingerprint density at radius 2 is 0.982 bits per heavy atom.